The Labute approximate surface area is 67.5 Å². The van der Waals surface area contributed by atoms with E-state index in [1.165, 1.54) is 12.8 Å². The number of nitrogens with one attached hydrogen (secondary N) is 2. The first-order valence-electron chi connectivity index (χ1n) is 4.27. The van der Waals surface area contributed by atoms with Crippen molar-refractivity contribution in [1.82, 2.24) is 10.6 Å². The monoisotopic (exact) mass is 156 g/mol. The van der Waals surface area contributed by atoms with Crippen LogP contribution in [0.15, 0.2) is 0 Å². The van der Waals surface area contributed by atoms with E-state index in [-0.39, 0.29) is 5.91 Å². The molecule has 1 fully saturated rings. The SMILES string of the molecule is CNC(=O)CCCNC1CC1. The maximum absolute atomic E-state index is 10.7. The Morgan fingerprint density at radius 1 is 1.55 bits per heavy atom. The number of hydrogen-bond acceptors (Lipinski definition) is 2. The summed E-state index contributed by atoms with van der Waals surface area (Å²) < 4.78 is 0. The number of amides is 1. The molecule has 2 N–H and O–H groups in total. The third-order valence-electron chi connectivity index (χ3n) is 1.87. The molecular weight excluding hydrogens is 140 g/mol. The zero-order valence-corrected chi connectivity index (χ0v) is 7.02. The molecule has 1 rings (SSSR count). The second-order valence-corrected chi connectivity index (χ2v) is 3.01. The van der Waals surface area contributed by atoms with E-state index in [9.17, 15) is 4.79 Å². The third kappa shape index (κ3) is 3.98. The maximum atomic E-state index is 10.7. The average molecular weight is 156 g/mol. The lowest BCUT2D eigenvalue weighted by atomic mass is 10.3. The Hall–Kier alpha value is -0.570. The standard InChI is InChI=1S/C8H16N2O/c1-9-8(11)3-2-6-10-7-4-5-7/h7,10H,2-6H2,1H3,(H,9,11). The van der Waals surface area contributed by atoms with E-state index in [0.717, 1.165) is 19.0 Å². The summed E-state index contributed by atoms with van der Waals surface area (Å²) in [5.41, 5.74) is 0. The molecule has 0 unspecified atom stereocenters. The topological polar surface area (TPSA) is 41.1 Å². The summed E-state index contributed by atoms with van der Waals surface area (Å²) in [5, 5.41) is 5.96. The molecule has 0 aliphatic heterocycles. The van der Waals surface area contributed by atoms with Crippen LogP contribution in [0.4, 0.5) is 0 Å². The fraction of sp³-hybridized carbons (Fsp3) is 0.875. The van der Waals surface area contributed by atoms with E-state index in [1.807, 2.05) is 0 Å². The first-order valence-corrected chi connectivity index (χ1v) is 4.27. The minimum Gasteiger partial charge on any atom is -0.359 e. The summed E-state index contributed by atoms with van der Waals surface area (Å²) in [5.74, 6) is 0.141. The zero-order chi connectivity index (χ0) is 8.10. The predicted molar refractivity (Wildman–Crippen MR) is 44.3 cm³/mol. The smallest absolute Gasteiger partial charge is 0.219 e. The zero-order valence-electron chi connectivity index (χ0n) is 7.02. The van der Waals surface area contributed by atoms with Gasteiger partial charge < -0.3 is 10.6 Å². The molecule has 1 saturated carbocycles. The molecule has 1 amide bonds. The highest BCUT2D eigenvalue weighted by Crippen LogP contribution is 2.18. The summed E-state index contributed by atoms with van der Waals surface area (Å²) in [4.78, 5) is 10.7. The van der Waals surface area contributed by atoms with Gasteiger partial charge in [0.15, 0.2) is 0 Å². The van der Waals surface area contributed by atoms with Crippen LogP contribution in [0.3, 0.4) is 0 Å². The van der Waals surface area contributed by atoms with E-state index in [1.54, 1.807) is 7.05 Å². The predicted octanol–water partition coefficient (Wildman–Crippen LogP) is 0.265. The van der Waals surface area contributed by atoms with Gasteiger partial charge in [-0.15, -0.1) is 0 Å². The first kappa shape index (κ1) is 8.53. The molecule has 0 radical (unpaired) electrons. The summed E-state index contributed by atoms with van der Waals surface area (Å²) in [6.07, 6.45) is 4.24. The lowest BCUT2D eigenvalue weighted by Crippen LogP contribution is -2.22. The molecule has 0 saturated heterocycles. The second kappa shape index (κ2) is 4.34. The molecule has 1 aliphatic rings. The van der Waals surface area contributed by atoms with Crippen molar-refractivity contribution in [3.63, 3.8) is 0 Å². The van der Waals surface area contributed by atoms with E-state index in [2.05, 4.69) is 10.6 Å². The van der Waals surface area contributed by atoms with Gasteiger partial charge in [0.25, 0.3) is 0 Å². The Bertz CT molecular complexity index is 132. The Balaban J connectivity index is 1.82. The molecule has 64 valence electrons. The summed E-state index contributed by atoms with van der Waals surface area (Å²) in [7, 11) is 1.68. The van der Waals surface area contributed by atoms with Gasteiger partial charge >= 0.3 is 0 Å². The molecule has 3 nitrogen and oxygen atoms in total. The maximum Gasteiger partial charge on any atom is 0.219 e. The molecule has 11 heavy (non-hydrogen) atoms. The number of carbonyl (C=O) groups excluding carboxylic acids is 1. The molecular formula is C8H16N2O. The number of rotatable bonds is 5. The van der Waals surface area contributed by atoms with Gasteiger partial charge in [-0.2, -0.15) is 0 Å². The van der Waals surface area contributed by atoms with E-state index in [4.69, 9.17) is 0 Å². The van der Waals surface area contributed by atoms with Crippen molar-refractivity contribution in [3.05, 3.63) is 0 Å². The van der Waals surface area contributed by atoms with Gasteiger partial charge in [0, 0.05) is 19.5 Å². The molecule has 0 spiro atoms. The van der Waals surface area contributed by atoms with Crippen molar-refractivity contribution in [2.24, 2.45) is 0 Å². The first-order chi connectivity index (χ1) is 5.33. The molecule has 0 heterocycles. The fourth-order valence-corrected chi connectivity index (χ4v) is 0.968. The van der Waals surface area contributed by atoms with Crippen LogP contribution in [-0.2, 0) is 4.79 Å². The van der Waals surface area contributed by atoms with Gasteiger partial charge in [-0.1, -0.05) is 0 Å². The lowest BCUT2D eigenvalue weighted by molar-refractivity contribution is -0.120. The van der Waals surface area contributed by atoms with E-state index < -0.39 is 0 Å². The molecule has 1 aliphatic carbocycles. The quantitative estimate of drug-likeness (QED) is 0.561. The molecule has 3 heteroatoms. The van der Waals surface area contributed by atoms with Crippen LogP contribution in [0.25, 0.3) is 0 Å². The molecule has 0 aromatic rings. The van der Waals surface area contributed by atoms with Crippen LogP contribution in [0, 0.1) is 0 Å². The van der Waals surface area contributed by atoms with Crippen LogP contribution in [0.2, 0.25) is 0 Å². The summed E-state index contributed by atoms with van der Waals surface area (Å²) >= 11 is 0. The van der Waals surface area contributed by atoms with Crippen molar-refractivity contribution in [1.29, 1.82) is 0 Å². The molecule has 0 aromatic carbocycles. The Morgan fingerprint density at radius 3 is 2.82 bits per heavy atom. The van der Waals surface area contributed by atoms with Gasteiger partial charge in [0.2, 0.25) is 5.91 Å². The lowest BCUT2D eigenvalue weighted by Gasteiger charge is -2.00. The van der Waals surface area contributed by atoms with Gasteiger partial charge in [-0.25, -0.2) is 0 Å². The van der Waals surface area contributed by atoms with Gasteiger partial charge in [-0.05, 0) is 25.8 Å². The van der Waals surface area contributed by atoms with Crippen molar-refractivity contribution >= 4 is 5.91 Å². The molecule has 0 atom stereocenters. The Morgan fingerprint density at radius 2 is 2.27 bits per heavy atom. The highest BCUT2D eigenvalue weighted by Gasteiger charge is 2.19. The minimum absolute atomic E-state index is 0.141. The van der Waals surface area contributed by atoms with Crippen molar-refractivity contribution in [3.8, 4) is 0 Å². The van der Waals surface area contributed by atoms with E-state index in [0.29, 0.717) is 6.42 Å². The number of hydrogen-bond donors (Lipinski definition) is 2. The second-order valence-electron chi connectivity index (χ2n) is 3.01. The largest absolute Gasteiger partial charge is 0.359 e. The van der Waals surface area contributed by atoms with Crippen molar-refractivity contribution < 1.29 is 4.79 Å². The van der Waals surface area contributed by atoms with Crippen LogP contribution >= 0.6 is 0 Å². The summed E-state index contributed by atoms with van der Waals surface area (Å²) in [6.45, 7) is 0.984. The van der Waals surface area contributed by atoms with Crippen molar-refractivity contribution in [2.75, 3.05) is 13.6 Å². The molecule has 0 bridgehead atoms. The van der Waals surface area contributed by atoms with Gasteiger partial charge in [0.05, 0.1) is 0 Å². The van der Waals surface area contributed by atoms with E-state index >= 15 is 0 Å². The van der Waals surface area contributed by atoms with Crippen LogP contribution in [-0.4, -0.2) is 25.5 Å². The average Bonchev–Trinajstić information content (AvgIpc) is 2.81. The number of carbonyl (C=O) groups is 1. The normalized spacial score (nSPS) is 16.5. The van der Waals surface area contributed by atoms with Crippen molar-refractivity contribution in [2.45, 2.75) is 31.7 Å². The highest BCUT2D eigenvalue weighted by molar-refractivity contribution is 5.75. The van der Waals surface area contributed by atoms with Crippen LogP contribution in [0.1, 0.15) is 25.7 Å². The van der Waals surface area contributed by atoms with Gasteiger partial charge in [0.1, 0.15) is 0 Å². The van der Waals surface area contributed by atoms with Crippen LogP contribution < -0.4 is 10.6 Å². The fourth-order valence-electron chi connectivity index (χ4n) is 0.968. The third-order valence-corrected chi connectivity index (χ3v) is 1.87. The minimum atomic E-state index is 0.141. The summed E-state index contributed by atoms with van der Waals surface area (Å²) in [6, 6.07) is 0.764. The van der Waals surface area contributed by atoms with Crippen LogP contribution in [0.5, 0.6) is 0 Å². The highest BCUT2D eigenvalue weighted by atomic mass is 16.1. The molecule has 0 aromatic heterocycles. The van der Waals surface area contributed by atoms with Gasteiger partial charge in [-0.3, -0.25) is 4.79 Å². The Kier molecular flexibility index (Phi) is 3.36.